The Bertz CT molecular complexity index is 955. The van der Waals surface area contributed by atoms with Crippen molar-refractivity contribution in [3.05, 3.63) is 35.9 Å². The Morgan fingerprint density at radius 2 is 1.97 bits per heavy atom. The third kappa shape index (κ3) is 4.25. The predicted molar refractivity (Wildman–Crippen MR) is 131 cm³/mol. The summed E-state index contributed by atoms with van der Waals surface area (Å²) in [6, 6.07) is 8.80. The lowest BCUT2D eigenvalue weighted by atomic mass is 9.62. The molecule has 192 valence electrons. The molecular formula is C27H39N3O5. The van der Waals surface area contributed by atoms with Crippen molar-refractivity contribution in [2.45, 2.75) is 83.2 Å². The van der Waals surface area contributed by atoms with Gasteiger partial charge in [-0.15, -0.1) is 0 Å². The number of benzene rings is 1. The highest BCUT2D eigenvalue weighted by Crippen LogP contribution is 2.65. The largest absolute Gasteiger partial charge is 0.396 e. The number of fused-ring (bicyclic) bond motifs is 1. The molecule has 3 N–H and O–H groups in total. The number of rotatable bonds is 10. The molecule has 3 amide bonds. The van der Waals surface area contributed by atoms with E-state index in [1.54, 1.807) is 4.90 Å². The van der Waals surface area contributed by atoms with Crippen molar-refractivity contribution in [1.29, 1.82) is 0 Å². The van der Waals surface area contributed by atoms with Crippen LogP contribution < -0.4 is 10.6 Å². The van der Waals surface area contributed by atoms with Crippen LogP contribution in [-0.2, 0) is 25.7 Å². The summed E-state index contributed by atoms with van der Waals surface area (Å²) >= 11 is 0. The van der Waals surface area contributed by atoms with Gasteiger partial charge in [-0.25, -0.2) is 0 Å². The molecule has 4 unspecified atom stereocenters. The number of nitrogens with one attached hydrogen (secondary N) is 2. The van der Waals surface area contributed by atoms with Crippen LogP contribution in [0.2, 0.25) is 0 Å². The number of nitrogens with zero attached hydrogens (tertiary/aromatic N) is 1. The summed E-state index contributed by atoms with van der Waals surface area (Å²) < 4.78 is 6.68. The predicted octanol–water partition coefficient (Wildman–Crippen LogP) is 2.00. The Labute approximate surface area is 207 Å². The van der Waals surface area contributed by atoms with Gasteiger partial charge in [-0.2, -0.15) is 0 Å². The van der Waals surface area contributed by atoms with Gasteiger partial charge in [0.2, 0.25) is 17.7 Å². The molecule has 3 saturated heterocycles. The zero-order chi connectivity index (χ0) is 25.4. The molecule has 1 aromatic rings. The molecule has 8 nitrogen and oxygen atoms in total. The number of ether oxygens (including phenoxy) is 1. The van der Waals surface area contributed by atoms with Crippen LogP contribution in [0, 0.1) is 17.8 Å². The van der Waals surface area contributed by atoms with Gasteiger partial charge >= 0.3 is 0 Å². The zero-order valence-corrected chi connectivity index (χ0v) is 21.3. The number of amides is 3. The van der Waals surface area contributed by atoms with Gasteiger partial charge in [0.25, 0.3) is 0 Å². The number of hydrogen-bond acceptors (Lipinski definition) is 5. The third-order valence-electron chi connectivity index (χ3n) is 8.32. The van der Waals surface area contributed by atoms with Crippen LogP contribution in [0.15, 0.2) is 30.3 Å². The minimum atomic E-state index is -1.05. The molecule has 3 heterocycles. The first-order valence-corrected chi connectivity index (χ1v) is 12.9. The van der Waals surface area contributed by atoms with E-state index >= 15 is 0 Å². The third-order valence-corrected chi connectivity index (χ3v) is 8.32. The van der Waals surface area contributed by atoms with E-state index in [1.807, 2.05) is 51.1 Å². The Hall–Kier alpha value is -2.45. The molecule has 0 saturated carbocycles. The summed E-state index contributed by atoms with van der Waals surface area (Å²) in [4.78, 5) is 42.6. The van der Waals surface area contributed by atoms with E-state index < -0.39 is 29.1 Å². The smallest absolute Gasteiger partial charge is 0.246 e. The fourth-order valence-corrected chi connectivity index (χ4v) is 6.64. The van der Waals surface area contributed by atoms with E-state index in [1.165, 1.54) is 0 Å². The minimum absolute atomic E-state index is 0.000169. The van der Waals surface area contributed by atoms with E-state index in [0.29, 0.717) is 19.4 Å². The van der Waals surface area contributed by atoms with E-state index in [4.69, 9.17) is 4.74 Å². The summed E-state index contributed by atoms with van der Waals surface area (Å²) in [5.41, 5.74) is -0.911. The van der Waals surface area contributed by atoms with Gasteiger partial charge in [0.1, 0.15) is 11.6 Å². The monoisotopic (exact) mass is 485 g/mol. The van der Waals surface area contributed by atoms with Crippen LogP contribution in [0.3, 0.4) is 0 Å². The van der Waals surface area contributed by atoms with Crippen molar-refractivity contribution in [1.82, 2.24) is 15.5 Å². The number of aliphatic hydroxyl groups is 1. The second kappa shape index (κ2) is 9.90. The van der Waals surface area contributed by atoms with Gasteiger partial charge in [0.05, 0.1) is 17.4 Å². The maximum atomic E-state index is 13.8. The normalized spacial score (nSPS) is 34.1. The first-order chi connectivity index (χ1) is 16.7. The molecule has 8 heteroatoms. The maximum Gasteiger partial charge on any atom is 0.246 e. The van der Waals surface area contributed by atoms with Crippen LogP contribution in [0.5, 0.6) is 0 Å². The first kappa shape index (κ1) is 25.6. The van der Waals surface area contributed by atoms with Crippen LogP contribution in [0.4, 0.5) is 0 Å². The molecule has 3 fully saturated rings. The molecule has 0 aliphatic carbocycles. The molecule has 3 aliphatic heterocycles. The summed E-state index contributed by atoms with van der Waals surface area (Å²) in [5.74, 6) is -2.09. The SMILES string of the molecule is CCCC(C)NC(=O)C1N(CCCO)C(=O)[C@@H]2[C@@H](C(=O)NCc3ccccc3)[C@]3(C)OC12CC3C. The topological polar surface area (TPSA) is 108 Å². The van der Waals surface area contributed by atoms with Crippen molar-refractivity contribution in [3.8, 4) is 0 Å². The minimum Gasteiger partial charge on any atom is -0.396 e. The van der Waals surface area contributed by atoms with Crippen LogP contribution in [0.25, 0.3) is 0 Å². The molecule has 3 aliphatic rings. The fourth-order valence-electron chi connectivity index (χ4n) is 6.64. The summed E-state index contributed by atoms with van der Waals surface area (Å²) in [6.45, 7) is 8.50. The van der Waals surface area contributed by atoms with Crippen LogP contribution >= 0.6 is 0 Å². The van der Waals surface area contributed by atoms with Crippen molar-refractivity contribution in [3.63, 3.8) is 0 Å². The molecule has 0 radical (unpaired) electrons. The average molecular weight is 486 g/mol. The molecule has 0 aromatic heterocycles. The highest BCUT2D eigenvalue weighted by Gasteiger charge is 2.79. The molecule has 4 rings (SSSR count). The van der Waals surface area contributed by atoms with Crippen molar-refractivity contribution in [2.75, 3.05) is 13.2 Å². The fraction of sp³-hybridized carbons (Fsp3) is 0.667. The molecular weight excluding hydrogens is 446 g/mol. The molecule has 2 bridgehead atoms. The van der Waals surface area contributed by atoms with Crippen molar-refractivity contribution in [2.24, 2.45) is 17.8 Å². The number of carbonyl (C=O) groups excluding carboxylic acids is 3. The lowest BCUT2D eigenvalue weighted by molar-refractivity contribution is -0.148. The number of likely N-dealkylation sites (tertiary alicyclic amines) is 1. The Kier molecular flexibility index (Phi) is 7.25. The maximum absolute atomic E-state index is 13.8. The van der Waals surface area contributed by atoms with E-state index in [2.05, 4.69) is 17.6 Å². The van der Waals surface area contributed by atoms with Gasteiger partial charge in [-0.05, 0) is 44.6 Å². The number of carbonyl (C=O) groups is 3. The summed E-state index contributed by atoms with van der Waals surface area (Å²) in [5, 5.41) is 15.6. The highest BCUT2D eigenvalue weighted by molar-refractivity contribution is 5.99. The highest BCUT2D eigenvalue weighted by atomic mass is 16.5. The molecule has 1 spiro atoms. The van der Waals surface area contributed by atoms with Gasteiger partial charge in [0, 0.05) is 25.7 Å². The Morgan fingerprint density at radius 1 is 1.26 bits per heavy atom. The Morgan fingerprint density at radius 3 is 2.63 bits per heavy atom. The van der Waals surface area contributed by atoms with Gasteiger partial charge in [-0.3, -0.25) is 14.4 Å². The van der Waals surface area contributed by atoms with Crippen molar-refractivity contribution < 1.29 is 24.2 Å². The molecule has 35 heavy (non-hydrogen) atoms. The van der Waals surface area contributed by atoms with Crippen LogP contribution in [-0.4, -0.2) is 64.2 Å². The van der Waals surface area contributed by atoms with Gasteiger partial charge in [-0.1, -0.05) is 50.6 Å². The molecule has 1 aromatic carbocycles. The lowest BCUT2D eigenvalue weighted by Gasteiger charge is -2.36. The lowest BCUT2D eigenvalue weighted by Crippen LogP contribution is -2.57. The Balaban J connectivity index is 1.65. The van der Waals surface area contributed by atoms with Gasteiger partial charge in [0.15, 0.2) is 0 Å². The zero-order valence-electron chi connectivity index (χ0n) is 21.3. The average Bonchev–Trinajstić information content (AvgIpc) is 3.33. The molecule has 7 atom stereocenters. The number of hydrogen-bond donors (Lipinski definition) is 3. The van der Waals surface area contributed by atoms with E-state index in [9.17, 15) is 19.5 Å². The standard InChI is InChI=1S/C27H39N3O5/c1-5-10-18(3)29-24(33)22-27-15-17(2)26(4,35-27)20(21(27)25(34)30(22)13-9-14-31)23(32)28-16-19-11-7-6-8-12-19/h6-8,11-12,17-18,20-22,31H,5,9-10,13-16H2,1-4H3,(H,28,32)(H,29,33)/t17?,18?,20-,21-,22?,26+,27?/m0/s1. The summed E-state index contributed by atoms with van der Waals surface area (Å²) in [6.07, 6.45) is 2.67. The van der Waals surface area contributed by atoms with Crippen molar-refractivity contribution >= 4 is 17.7 Å². The van der Waals surface area contributed by atoms with Gasteiger partial charge < -0.3 is 25.4 Å². The van der Waals surface area contributed by atoms with E-state index in [0.717, 1.165) is 18.4 Å². The number of aliphatic hydroxyl groups excluding tert-OH is 1. The second-order valence-corrected chi connectivity index (χ2v) is 10.7. The summed E-state index contributed by atoms with van der Waals surface area (Å²) in [7, 11) is 0. The van der Waals surface area contributed by atoms with E-state index in [-0.39, 0.29) is 42.8 Å². The quantitative estimate of drug-likeness (QED) is 0.470. The van der Waals surface area contributed by atoms with Crippen LogP contribution in [0.1, 0.15) is 58.9 Å². The second-order valence-electron chi connectivity index (χ2n) is 10.7. The first-order valence-electron chi connectivity index (χ1n) is 12.9.